The molecule has 20 heavy (non-hydrogen) atoms. The van der Waals surface area contributed by atoms with Gasteiger partial charge in [0.05, 0.1) is 0 Å². The van der Waals surface area contributed by atoms with Crippen molar-refractivity contribution in [3.8, 4) is 0 Å². The van der Waals surface area contributed by atoms with Gasteiger partial charge in [0, 0.05) is 13.3 Å². The van der Waals surface area contributed by atoms with E-state index in [0.717, 1.165) is 10.9 Å². The van der Waals surface area contributed by atoms with Crippen LogP contribution >= 0.6 is 0 Å². The number of hydrogen-bond acceptors (Lipinski definition) is 7. The lowest BCUT2D eigenvalue weighted by atomic mass is 10.1. The predicted molar refractivity (Wildman–Crippen MR) is 62.4 cm³/mol. The molecule has 10 heteroatoms. The maximum atomic E-state index is 11.6. The van der Waals surface area contributed by atoms with E-state index in [4.69, 9.17) is 15.2 Å². The Morgan fingerprint density at radius 3 is 2.80 bits per heavy atom. The van der Waals surface area contributed by atoms with Gasteiger partial charge >= 0.3 is 11.7 Å². The van der Waals surface area contributed by atoms with E-state index < -0.39 is 41.6 Å². The molecule has 3 atom stereocenters. The smallest absolute Gasteiger partial charge is 0.347 e. The summed E-state index contributed by atoms with van der Waals surface area (Å²) in [5, 5.41) is 3.61. The highest BCUT2D eigenvalue weighted by Crippen LogP contribution is 2.29. The largest absolute Gasteiger partial charge is 0.459 e. The van der Waals surface area contributed by atoms with E-state index in [1.165, 1.54) is 6.92 Å². The molecule has 1 amide bonds. The second-order valence-corrected chi connectivity index (χ2v) is 4.18. The molecule has 0 unspecified atom stereocenters. The summed E-state index contributed by atoms with van der Waals surface area (Å²) >= 11 is 0. The van der Waals surface area contributed by atoms with E-state index in [-0.39, 0.29) is 6.42 Å². The van der Waals surface area contributed by atoms with Crippen molar-refractivity contribution >= 4 is 11.9 Å². The normalized spacial score (nSPS) is 25.4. The Kier molecular flexibility index (Phi) is 3.66. The van der Waals surface area contributed by atoms with Crippen LogP contribution in [-0.2, 0) is 19.1 Å². The minimum absolute atomic E-state index is 0.0200. The van der Waals surface area contributed by atoms with Crippen molar-refractivity contribution < 1.29 is 19.1 Å². The van der Waals surface area contributed by atoms with Crippen LogP contribution in [-0.4, -0.2) is 38.8 Å². The number of carbonyl (C=O) groups excluding carboxylic acids is 2. The van der Waals surface area contributed by atoms with Gasteiger partial charge in [-0.25, -0.2) is 4.79 Å². The Bertz CT molecular complexity index is 650. The molecule has 1 fully saturated rings. The Morgan fingerprint density at radius 2 is 2.25 bits per heavy atom. The summed E-state index contributed by atoms with van der Waals surface area (Å²) in [6, 6.07) is 0. The van der Waals surface area contributed by atoms with Gasteiger partial charge in [-0.05, 0) is 0 Å². The molecule has 10 nitrogen and oxygen atoms in total. The molecule has 1 aromatic rings. The van der Waals surface area contributed by atoms with Crippen molar-refractivity contribution in [2.75, 3.05) is 0 Å². The number of nitrogens with one attached hydrogen (secondary N) is 1. The molecule has 1 saturated heterocycles. The molecule has 3 N–H and O–H groups in total. The van der Waals surface area contributed by atoms with E-state index in [0.29, 0.717) is 0 Å². The number of rotatable bonds is 3. The average Bonchev–Trinajstić information content (AvgIpc) is 2.71. The number of carbonyl (C=O) groups is 2. The first-order valence-corrected chi connectivity index (χ1v) is 5.68. The van der Waals surface area contributed by atoms with Crippen LogP contribution in [0.2, 0.25) is 0 Å². The van der Waals surface area contributed by atoms with Crippen LogP contribution in [0, 0.1) is 0 Å². The number of aromatic nitrogens is 3. The van der Waals surface area contributed by atoms with Crippen molar-refractivity contribution in [1.29, 1.82) is 0 Å². The van der Waals surface area contributed by atoms with Crippen LogP contribution in [0.3, 0.4) is 0 Å². The molecule has 108 valence electrons. The SMILES string of the molecule is CC(=O)O[C@H]1C[C@H](n2ncc(=O)[nH]c2=O)O[C@@H]1C(N)=O. The Balaban J connectivity index is 2.27. The highest BCUT2D eigenvalue weighted by Gasteiger charge is 2.42. The predicted octanol–water partition coefficient (Wildman–Crippen LogP) is -2.36. The third-order valence-corrected chi connectivity index (χ3v) is 2.68. The van der Waals surface area contributed by atoms with Gasteiger partial charge in [-0.15, -0.1) is 0 Å². The number of nitrogens with zero attached hydrogens (tertiary/aromatic N) is 2. The fourth-order valence-electron chi connectivity index (χ4n) is 1.93. The van der Waals surface area contributed by atoms with Gasteiger partial charge in [-0.1, -0.05) is 0 Å². The monoisotopic (exact) mass is 284 g/mol. The molecule has 2 rings (SSSR count). The number of aromatic amines is 1. The molecule has 2 heterocycles. The van der Waals surface area contributed by atoms with Crippen molar-refractivity contribution in [2.45, 2.75) is 31.8 Å². The van der Waals surface area contributed by atoms with Gasteiger partial charge in [0.25, 0.3) is 11.5 Å². The molecular weight excluding hydrogens is 272 g/mol. The van der Waals surface area contributed by atoms with Crippen LogP contribution in [0.4, 0.5) is 0 Å². The minimum atomic E-state index is -1.18. The number of hydrogen-bond donors (Lipinski definition) is 2. The summed E-state index contributed by atoms with van der Waals surface area (Å²) in [4.78, 5) is 46.7. The molecule has 0 radical (unpaired) electrons. The van der Waals surface area contributed by atoms with Crippen LogP contribution in [0.1, 0.15) is 19.6 Å². The van der Waals surface area contributed by atoms with E-state index in [1.807, 2.05) is 4.98 Å². The lowest BCUT2D eigenvalue weighted by Crippen LogP contribution is -2.38. The van der Waals surface area contributed by atoms with Gasteiger partial charge in [0.1, 0.15) is 12.3 Å². The standard InChI is InChI=1S/C10H12N4O6/c1-4(15)19-5-2-7(20-8(5)9(11)17)14-10(18)13-6(16)3-12-14/h3,5,7-8H,2H2,1H3,(H2,11,17)(H,13,16,18)/t5-,7+,8-/m0/s1. The second-order valence-electron chi connectivity index (χ2n) is 4.18. The third kappa shape index (κ3) is 2.74. The highest BCUT2D eigenvalue weighted by atomic mass is 16.6. The third-order valence-electron chi connectivity index (χ3n) is 2.68. The second kappa shape index (κ2) is 5.25. The first-order chi connectivity index (χ1) is 9.38. The lowest BCUT2D eigenvalue weighted by molar-refractivity contribution is -0.152. The van der Waals surface area contributed by atoms with Crippen molar-refractivity contribution in [3.63, 3.8) is 0 Å². The summed E-state index contributed by atoms with van der Waals surface area (Å²) in [5.41, 5.74) is 3.69. The highest BCUT2D eigenvalue weighted by molar-refractivity contribution is 5.80. The quantitative estimate of drug-likeness (QED) is 0.590. The fraction of sp³-hybridized carbons (Fsp3) is 0.500. The maximum Gasteiger partial charge on any atom is 0.347 e. The summed E-state index contributed by atoms with van der Waals surface area (Å²) in [6.45, 7) is 1.18. The van der Waals surface area contributed by atoms with Crippen molar-refractivity contribution in [3.05, 3.63) is 27.0 Å². The van der Waals surface area contributed by atoms with Gasteiger partial charge in [-0.3, -0.25) is 19.4 Å². The van der Waals surface area contributed by atoms with E-state index in [1.54, 1.807) is 0 Å². The van der Waals surface area contributed by atoms with E-state index in [2.05, 4.69) is 5.10 Å². The average molecular weight is 284 g/mol. The molecule has 0 aliphatic carbocycles. The number of ether oxygens (including phenoxy) is 2. The summed E-state index contributed by atoms with van der Waals surface area (Å²) in [7, 11) is 0. The summed E-state index contributed by atoms with van der Waals surface area (Å²) < 4.78 is 11.0. The van der Waals surface area contributed by atoms with Crippen LogP contribution in [0.25, 0.3) is 0 Å². The zero-order valence-electron chi connectivity index (χ0n) is 10.4. The van der Waals surface area contributed by atoms with Gasteiger partial charge in [0.2, 0.25) is 0 Å². The van der Waals surface area contributed by atoms with E-state index in [9.17, 15) is 19.2 Å². The van der Waals surface area contributed by atoms with Crippen molar-refractivity contribution in [1.82, 2.24) is 14.8 Å². The lowest BCUT2D eigenvalue weighted by Gasteiger charge is -2.14. The molecular formula is C10H12N4O6. The number of nitrogens with two attached hydrogens (primary N) is 1. The maximum absolute atomic E-state index is 11.6. The van der Waals surface area contributed by atoms with Crippen LogP contribution < -0.4 is 17.0 Å². The molecule has 0 spiro atoms. The van der Waals surface area contributed by atoms with E-state index >= 15 is 0 Å². The number of H-pyrrole nitrogens is 1. The zero-order valence-corrected chi connectivity index (χ0v) is 10.4. The van der Waals surface area contributed by atoms with Gasteiger partial charge in [0.15, 0.2) is 12.3 Å². The molecule has 0 saturated carbocycles. The Labute approximate surface area is 111 Å². The fourth-order valence-corrected chi connectivity index (χ4v) is 1.93. The molecule has 1 aromatic heterocycles. The topological polar surface area (TPSA) is 146 Å². The van der Waals surface area contributed by atoms with Gasteiger partial charge in [-0.2, -0.15) is 9.78 Å². The summed E-state index contributed by atoms with van der Waals surface area (Å²) in [5.74, 6) is -1.43. The number of amides is 1. The molecule has 0 bridgehead atoms. The number of primary amides is 1. The summed E-state index contributed by atoms with van der Waals surface area (Å²) in [6.07, 6.45) is -2.13. The number of esters is 1. The zero-order chi connectivity index (χ0) is 14.9. The molecule has 0 aromatic carbocycles. The first-order valence-electron chi connectivity index (χ1n) is 5.68. The van der Waals surface area contributed by atoms with Crippen LogP contribution in [0.15, 0.2) is 15.8 Å². The molecule has 1 aliphatic rings. The Hall–Kier alpha value is -2.49. The van der Waals surface area contributed by atoms with Crippen molar-refractivity contribution in [2.24, 2.45) is 5.73 Å². The van der Waals surface area contributed by atoms with Gasteiger partial charge < -0.3 is 15.2 Å². The Morgan fingerprint density at radius 1 is 1.55 bits per heavy atom. The first kappa shape index (κ1) is 13.9. The van der Waals surface area contributed by atoms with Crippen LogP contribution in [0.5, 0.6) is 0 Å². The minimum Gasteiger partial charge on any atom is -0.459 e. The molecule has 1 aliphatic heterocycles.